The fourth-order valence-electron chi connectivity index (χ4n) is 5.07. The van der Waals surface area contributed by atoms with Crippen LogP contribution in [-0.4, -0.2) is 72.3 Å². The summed E-state index contributed by atoms with van der Waals surface area (Å²) in [5.41, 5.74) is 1.79. The van der Waals surface area contributed by atoms with Crippen LogP contribution < -0.4 is 15.5 Å². The SMILES string of the molecule is CN(C)C(=O)c1sc2cnc(Nc3ncc(N4CCN[C@@H](CO)C4)cc3F)cc2c1C1CCCC1. The number of pyridine rings is 2. The van der Waals surface area contributed by atoms with Crippen LogP contribution in [0.25, 0.3) is 10.1 Å². The zero-order valence-electron chi connectivity index (χ0n) is 20.1. The Labute approximate surface area is 208 Å². The van der Waals surface area contributed by atoms with Crippen LogP contribution in [0.5, 0.6) is 0 Å². The molecule has 0 unspecified atom stereocenters. The van der Waals surface area contributed by atoms with E-state index in [-0.39, 0.29) is 24.4 Å². The Morgan fingerprint density at radius 3 is 2.80 bits per heavy atom. The van der Waals surface area contributed by atoms with E-state index in [2.05, 4.69) is 20.6 Å². The van der Waals surface area contributed by atoms with Gasteiger partial charge in [-0.1, -0.05) is 12.8 Å². The first-order valence-corrected chi connectivity index (χ1v) is 12.9. The zero-order chi connectivity index (χ0) is 24.5. The molecular formula is C25H31FN6O2S. The topological polar surface area (TPSA) is 93.6 Å². The quantitative estimate of drug-likeness (QED) is 0.477. The summed E-state index contributed by atoms with van der Waals surface area (Å²) in [5.74, 6) is 0.515. The molecule has 1 atom stereocenters. The Morgan fingerprint density at radius 1 is 1.29 bits per heavy atom. The number of amides is 1. The third-order valence-corrected chi connectivity index (χ3v) is 8.04. The second-order valence-electron chi connectivity index (χ2n) is 9.52. The molecule has 5 rings (SSSR count). The molecule has 35 heavy (non-hydrogen) atoms. The van der Waals surface area contributed by atoms with Gasteiger partial charge in [-0.2, -0.15) is 0 Å². The fourth-order valence-corrected chi connectivity index (χ4v) is 6.33. The van der Waals surface area contributed by atoms with Gasteiger partial charge in [-0.05, 0) is 30.4 Å². The van der Waals surface area contributed by atoms with Gasteiger partial charge in [0.1, 0.15) is 5.82 Å². The van der Waals surface area contributed by atoms with Gasteiger partial charge in [0, 0.05) is 57.4 Å². The van der Waals surface area contributed by atoms with Crippen molar-refractivity contribution in [3.05, 3.63) is 40.8 Å². The van der Waals surface area contributed by atoms with Crippen molar-refractivity contribution in [1.29, 1.82) is 0 Å². The molecule has 8 nitrogen and oxygen atoms in total. The van der Waals surface area contributed by atoms with Gasteiger partial charge in [-0.15, -0.1) is 11.3 Å². The van der Waals surface area contributed by atoms with Gasteiger partial charge < -0.3 is 25.5 Å². The molecule has 0 spiro atoms. The minimum Gasteiger partial charge on any atom is -0.395 e. The lowest BCUT2D eigenvalue weighted by atomic mass is 9.94. The van der Waals surface area contributed by atoms with Crippen LogP contribution in [0.1, 0.15) is 46.8 Å². The van der Waals surface area contributed by atoms with E-state index in [1.54, 1.807) is 31.4 Å². The number of rotatable bonds is 6. The zero-order valence-corrected chi connectivity index (χ0v) is 20.9. The van der Waals surface area contributed by atoms with E-state index in [9.17, 15) is 9.90 Å². The summed E-state index contributed by atoms with van der Waals surface area (Å²) in [4.78, 5) is 26.2. The van der Waals surface area contributed by atoms with Gasteiger partial charge in [-0.25, -0.2) is 14.4 Å². The van der Waals surface area contributed by atoms with Crippen LogP contribution in [0.2, 0.25) is 0 Å². The standard InChI is InChI=1S/C25H31FN6O2S/c1-31(2)25(34)23-22(15-5-3-4-6-15)18-10-21(28-12-20(18)35-23)30-24-19(26)9-17(11-29-24)32-8-7-27-16(13-32)14-33/h9-12,15-16,27,33H,3-8,13-14H2,1-2H3,(H,28,29,30)/t16-/m1/s1. The van der Waals surface area contributed by atoms with Crippen molar-refractivity contribution in [2.75, 3.05) is 50.6 Å². The smallest absolute Gasteiger partial charge is 0.263 e. The molecule has 3 aromatic rings. The number of aliphatic hydroxyl groups excluding tert-OH is 1. The monoisotopic (exact) mass is 498 g/mol. The number of hydrogen-bond donors (Lipinski definition) is 3. The van der Waals surface area contributed by atoms with E-state index in [1.165, 1.54) is 30.2 Å². The van der Waals surface area contributed by atoms with Crippen LogP contribution in [0.4, 0.5) is 21.7 Å². The van der Waals surface area contributed by atoms with Gasteiger partial charge >= 0.3 is 0 Å². The summed E-state index contributed by atoms with van der Waals surface area (Å²) in [6, 6.07) is 3.35. The predicted molar refractivity (Wildman–Crippen MR) is 137 cm³/mol. The summed E-state index contributed by atoms with van der Waals surface area (Å²) in [7, 11) is 3.55. The minimum atomic E-state index is -0.465. The molecule has 2 aliphatic rings. The number of aliphatic hydroxyl groups is 1. The maximum atomic E-state index is 15.0. The molecule has 4 heterocycles. The number of carbonyl (C=O) groups is 1. The number of thiophene rings is 1. The van der Waals surface area contributed by atoms with Crippen molar-refractivity contribution in [3.8, 4) is 0 Å². The Balaban J connectivity index is 1.43. The summed E-state index contributed by atoms with van der Waals surface area (Å²) in [6.45, 7) is 2.07. The molecule has 0 bridgehead atoms. The highest BCUT2D eigenvalue weighted by Crippen LogP contribution is 2.44. The van der Waals surface area contributed by atoms with E-state index in [4.69, 9.17) is 0 Å². The van der Waals surface area contributed by atoms with Crippen LogP contribution >= 0.6 is 11.3 Å². The second-order valence-corrected chi connectivity index (χ2v) is 10.6. The molecular weight excluding hydrogens is 467 g/mol. The number of fused-ring (bicyclic) bond motifs is 1. The largest absolute Gasteiger partial charge is 0.395 e. The van der Waals surface area contributed by atoms with E-state index < -0.39 is 5.82 Å². The number of nitrogens with one attached hydrogen (secondary N) is 2. The highest BCUT2D eigenvalue weighted by molar-refractivity contribution is 7.21. The van der Waals surface area contributed by atoms with Crippen LogP contribution in [0.3, 0.4) is 0 Å². The van der Waals surface area contributed by atoms with Crippen molar-refractivity contribution in [3.63, 3.8) is 0 Å². The lowest BCUT2D eigenvalue weighted by molar-refractivity contribution is 0.0831. The highest BCUT2D eigenvalue weighted by Gasteiger charge is 2.28. The van der Waals surface area contributed by atoms with Crippen molar-refractivity contribution in [2.24, 2.45) is 0 Å². The molecule has 3 aromatic heterocycles. The summed E-state index contributed by atoms with van der Waals surface area (Å²) >= 11 is 1.49. The van der Waals surface area contributed by atoms with Crippen molar-refractivity contribution < 1.29 is 14.3 Å². The first-order chi connectivity index (χ1) is 16.9. The first kappa shape index (κ1) is 23.9. The van der Waals surface area contributed by atoms with E-state index in [1.807, 2.05) is 11.0 Å². The summed E-state index contributed by atoms with van der Waals surface area (Å²) in [5, 5.41) is 16.7. The van der Waals surface area contributed by atoms with Crippen LogP contribution in [0, 0.1) is 5.82 Å². The molecule has 1 aliphatic carbocycles. The van der Waals surface area contributed by atoms with Crippen molar-refractivity contribution >= 4 is 44.7 Å². The third-order valence-electron chi connectivity index (χ3n) is 6.89. The summed E-state index contributed by atoms with van der Waals surface area (Å²) in [6.07, 6.45) is 7.89. The molecule has 1 saturated heterocycles. The maximum absolute atomic E-state index is 15.0. The van der Waals surface area contributed by atoms with Crippen molar-refractivity contribution in [2.45, 2.75) is 37.6 Å². The molecule has 0 radical (unpaired) electrons. The van der Waals surface area contributed by atoms with Crippen molar-refractivity contribution in [1.82, 2.24) is 20.2 Å². The van der Waals surface area contributed by atoms with Gasteiger partial charge in [0.25, 0.3) is 5.91 Å². The summed E-state index contributed by atoms with van der Waals surface area (Å²) < 4.78 is 16.0. The normalized spacial score (nSPS) is 18.9. The average Bonchev–Trinajstić information content (AvgIpc) is 3.52. The minimum absolute atomic E-state index is 0.0160. The van der Waals surface area contributed by atoms with Gasteiger partial charge in [0.05, 0.1) is 28.1 Å². The van der Waals surface area contributed by atoms with Crippen LogP contribution in [-0.2, 0) is 0 Å². The number of anilines is 3. The number of carbonyl (C=O) groups excluding carboxylic acids is 1. The molecule has 1 saturated carbocycles. The Kier molecular flexibility index (Phi) is 6.86. The fraction of sp³-hybridized carbons (Fsp3) is 0.480. The first-order valence-electron chi connectivity index (χ1n) is 12.1. The molecule has 1 aliphatic heterocycles. The lowest BCUT2D eigenvalue weighted by Gasteiger charge is -2.34. The molecule has 2 fully saturated rings. The van der Waals surface area contributed by atoms with E-state index in [0.29, 0.717) is 24.0 Å². The number of piperazine rings is 1. The molecule has 3 N–H and O–H groups in total. The lowest BCUT2D eigenvalue weighted by Crippen LogP contribution is -2.52. The number of hydrogen-bond acceptors (Lipinski definition) is 8. The Hall–Kier alpha value is -2.82. The van der Waals surface area contributed by atoms with E-state index in [0.717, 1.165) is 46.5 Å². The number of halogens is 1. The van der Waals surface area contributed by atoms with Gasteiger partial charge in [-0.3, -0.25) is 4.79 Å². The average molecular weight is 499 g/mol. The number of aromatic nitrogens is 2. The highest BCUT2D eigenvalue weighted by atomic mass is 32.1. The number of nitrogens with zero attached hydrogens (tertiary/aromatic N) is 4. The Bertz CT molecular complexity index is 1230. The molecule has 186 valence electrons. The third kappa shape index (κ3) is 4.82. The maximum Gasteiger partial charge on any atom is 0.263 e. The van der Waals surface area contributed by atoms with Crippen LogP contribution in [0.15, 0.2) is 24.5 Å². The molecule has 1 amide bonds. The van der Waals surface area contributed by atoms with E-state index >= 15 is 4.39 Å². The molecule has 0 aromatic carbocycles. The Morgan fingerprint density at radius 2 is 2.09 bits per heavy atom. The van der Waals surface area contributed by atoms with Gasteiger partial charge in [0.2, 0.25) is 0 Å². The second kappa shape index (κ2) is 10.0. The molecule has 10 heteroatoms. The van der Waals surface area contributed by atoms with Gasteiger partial charge in [0.15, 0.2) is 11.6 Å². The predicted octanol–water partition coefficient (Wildman–Crippen LogP) is 3.70.